The highest BCUT2D eigenvalue weighted by Gasteiger charge is 2.15. The second-order valence-electron chi connectivity index (χ2n) is 3.17. The second-order valence-corrected chi connectivity index (χ2v) is 3.17. The highest BCUT2D eigenvalue weighted by molar-refractivity contribution is 5.66. The predicted octanol–water partition coefficient (Wildman–Crippen LogP) is 1.16. The smallest absolute Gasteiger partial charge is 0.407 e. The molecule has 1 atom stereocenters. The molecule has 0 aliphatic carbocycles. The van der Waals surface area contributed by atoms with E-state index in [2.05, 4.69) is 5.32 Å². The molecule has 0 aromatic heterocycles. The van der Waals surface area contributed by atoms with Gasteiger partial charge in [0.05, 0.1) is 6.61 Å². The summed E-state index contributed by atoms with van der Waals surface area (Å²) in [5, 5.41) is 2.69. The van der Waals surface area contributed by atoms with Crippen molar-refractivity contribution in [2.24, 2.45) is 5.92 Å². The van der Waals surface area contributed by atoms with Gasteiger partial charge in [-0.05, 0) is 25.7 Å². The van der Waals surface area contributed by atoms with Gasteiger partial charge in [-0.1, -0.05) is 0 Å². The maximum absolute atomic E-state index is 10.9. The molecule has 1 rings (SSSR count). The first-order chi connectivity index (χ1) is 6.33. The van der Waals surface area contributed by atoms with Crippen LogP contribution in [0.3, 0.4) is 0 Å². The zero-order valence-electron chi connectivity index (χ0n) is 8.04. The quantitative estimate of drug-likeness (QED) is 0.718. The van der Waals surface area contributed by atoms with Crippen LogP contribution in [0.1, 0.15) is 19.8 Å². The lowest BCUT2D eigenvalue weighted by Gasteiger charge is -2.08. The van der Waals surface area contributed by atoms with Crippen LogP contribution in [0.4, 0.5) is 4.79 Å². The molecule has 0 aromatic rings. The molecular formula is C9H17NO3. The zero-order valence-corrected chi connectivity index (χ0v) is 8.04. The SMILES string of the molecule is CCOC(=O)NCCC1CCOC1. The summed E-state index contributed by atoms with van der Waals surface area (Å²) in [4.78, 5) is 10.9. The topological polar surface area (TPSA) is 47.6 Å². The van der Waals surface area contributed by atoms with E-state index in [9.17, 15) is 4.79 Å². The molecule has 1 aliphatic rings. The Morgan fingerprint density at radius 3 is 3.15 bits per heavy atom. The first kappa shape index (κ1) is 10.3. The van der Waals surface area contributed by atoms with Crippen LogP contribution in [0, 0.1) is 5.92 Å². The molecule has 0 aromatic carbocycles. The monoisotopic (exact) mass is 187 g/mol. The van der Waals surface area contributed by atoms with Gasteiger partial charge in [-0.3, -0.25) is 0 Å². The van der Waals surface area contributed by atoms with Crippen molar-refractivity contribution in [3.8, 4) is 0 Å². The Labute approximate surface area is 78.6 Å². The number of alkyl carbamates (subject to hydrolysis) is 1. The van der Waals surface area contributed by atoms with E-state index in [-0.39, 0.29) is 6.09 Å². The van der Waals surface area contributed by atoms with Crippen molar-refractivity contribution in [3.05, 3.63) is 0 Å². The van der Waals surface area contributed by atoms with Crippen molar-refractivity contribution in [2.45, 2.75) is 19.8 Å². The van der Waals surface area contributed by atoms with Crippen molar-refractivity contribution in [2.75, 3.05) is 26.4 Å². The van der Waals surface area contributed by atoms with E-state index >= 15 is 0 Å². The van der Waals surface area contributed by atoms with E-state index < -0.39 is 0 Å². The van der Waals surface area contributed by atoms with Crippen LogP contribution in [0.2, 0.25) is 0 Å². The summed E-state index contributed by atoms with van der Waals surface area (Å²) < 4.78 is 9.94. The average Bonchev–Trinajstić information content (AvgIpc) is 2.57. The minimum atomic E-state index is -0.318. The Morgan fingerprint density at radius 1 is 1.69 bits per heavy atom. The van der Waals surface area contributed by atoms with Crippen LogP contribution in [0.25, 0.3) is 0 Å². The van der Waals surface area contributed by atoms with Gasteiger partial charge in [0.15, 0.2) is 0 Å². The number of hydrogen-bond acceptors (Lipinski definition) is 3. The molecule has 13 heavy (non-hydrogen) atoms. The van der Waals surface area contributed by atoms with Crippen molar-refractivity contribution in [1.82, 2.24) is 5.32 Å². The Morgan fingerprint density at radius 2 is 2.54 bits per heavy atom. The lowest BCUT2D eigenvalue weighted by molar-refractivity contribution is 0.150. The van der Waals surface area contributed by atoms with Gasteiger partial charge < -0.3 is 14.8 Å². The average molecular weight is 187 g/mol. The molecule has 0 bridgehead atoms. The summed E-state index contributed by atoms with van der Waals surface area (Å²) in [5.41, 5.74) is 0. The van der Waals surface area contributed by atoms with Gasteiger partial charge in [-0.2, -0.15) is 0 Å². The molecule has 1 N–H and O–H groups in total. The first-order valence-corrected chi connectivity index (χ1v) is 4.81. The van der Waals surface area contributed by atoms with Crippen LogP contribution < -0.4 is 5.32 Å². The first-order valence-electron chi connectivity index (χ1n) is 4.81. The van der Waals surface area contributed by atoms with E-state index in [4.69, 9.17) is 9.47 Å². The molecule has 1 aliphatic heterocycles. The molecule has 1 unspecified atom stereocenters. The minimum Gasteiger partial charge on any atom is -0.450 e. The number of hydrogen-bond donors (Lipinski definition) is 1. The molecule has 1 fully saturated rings. The third-order valence-corrected chi connectivity index (χ3v) is 2.12. The van der Waals surface area contributed by atoms with Crippen LogP contribution in [0.5, 0.6) is 0 Å². The van der Waals surface area contributed by atoms with E-state index in [1.807, 2.05) is 0 Å². The van der Waals surface area contributed by atoms with Crippen molar-refractivity contribution in [1.29, 1.82) is 0 Å². The van der Waals surface area contributed by atoms with Crippen LogP contribution in [-0.2, 0) is 9.47 Å². The van der Waals surface area contributed by atoms with E-state index in [1.54, 1.807) is 6.92 Å². The second kappa shape index (κ2) is 5.80. The molecule has 1 heterocycles. The van der Waals surface area contributed by atoms with Gasteiger partial charge >= 0.3 is 6.09 Å². The summed E-state index contributed by atoms with van der Waals surface area (Å²) in [7, 11) is 0. The summed E-state index contributed by atoms with van der Waals surface area (Å²) in [6, 6.07) is 0. The fourth-order valence-electron chi connectivity index (χ4n) is 1.37. The molecule has 4 heteroatoms. The molecule has 4 nitrogen and oxygen atoms in total. The van der Waals surface area contributed by atoms with E-state index in [0.29, 0.717) is 19.1 Å². The molecule has 0 radical (unpaired) electrons. The zero-order chi connectivity index (χ0) is 9.52. The van der Waals surface area contributed by atoms with E-state index in [0.717, 1.165) is 26.1 Å². The molecule has 1 saturated heterocycles. The number of nitrogens with one attached hydrogen (secondary N) is 1. The van der Waals surface area contributed by atoms with Gasteiger partial charge in [0.25, 0.3) is 0 Å². The number of ether oxygens (including phenoxy) is 2. The molecule has 0 spiro atoms. The summed E-state index contributed by atoms with van der Waals surface area (Å²) in [6.07, 6.45) is 1.78. The Balaban J connectivity index is 1.96. The number of carbonyl (C=O) groups excluding carboxylic acids is 1. The van der Waals surface area contributed by atoms with Gasteiger partial charge in [-0.15, -0.1) is 0 Å². The molecule has 0 saturated carbocycles. The lowest BCUT2D eigenvalue weighted by Crippen LogP contribution is -2.26. The van der Waals surface area contributed by atoms with Crippen molar-refractivity contribution in [3.63, 3.8) is 0 Å². The standard InChI is InChI=1S/C9H17NO3/c1-2-13-9(11)10-5-3-8-4-6-12-7-8/h8H,2-7H2,1H3,(H,10,11). The molecular weight excluding hydrogens is 170 g/mol. The predicted molar refractivity (Wildman–Crippen MR) is 48.6 cm³/mol. The normalized spacial score (nSPS) is 21.5. The Kier molecular flexibility index (Phi) is 4.60. The van der Waals surface area contributed by atoms with Gasteiger partial charge in [0, 0.05) is 19.8 Å². The minimum absolute atomic E-state index is 0.318. The molecule has 76 valence electrons. The number of carbonyl (C=O) groups is 1. The lowest BCUT2D eigenvalue weighted by atomic mass is 10.1. The third kappa shape index (κ3) is 4.12. The third-order valence-electron chi connectivity index (χ3n) is 2.12. The fourth-order valence-corrected chi connectivity index (χ4v) is 1.37. The van der Waals surface area contributed by atoms with Gasteiger partial charge in [0.1, 0.15) is 0 Å². The van der Waals surface area contributed by atoms with Crippen LogP contribution in [-0.4, -0.2) is 32.5 Å². The molecule has 1 amide bonds. The largest absolute Gasteiger partial charge is 0.450 e. The Hall–Kier alpha value is -0.770. The summed E-state index contributed by atoms with van der Waals surface area (Å²) >= 11 is 0. The highest BCUT2D eigenvalue weighted by atomic mass is 16.5. The van der Waals surface area contributed by atoms with Gasteiger partial charge in [0.2, 0.25) is 0 Å². The fraction of sp³-hybridized carbons (Fsp3) is 0.889. The maximum Gasteiger partial charge on any atom is 0.407 e. The van der Waals surface area contributed by atoms with Crippen molar-refractivity contribution < 1.29 is 14.3 Å². The van der Waals surface area contributed by atoms with Crippen LogP contribution >= 0.6 is 0 Å². The summed E-state index contributed by atoms with van der Waals surface area (Å²) in [5.74, 6) is 0.613. The highest BCUT2D eigenvalue weighted by Crippen LogP contribution is 2.14. The Bertz CT molecular complexity index is 155. The van der Waals surface area contributed by atoms with Gasteiger partial charge in [-0.25, -0.2) is 4.79 Å². The van der Waals surface area contributed by atoms with E-state index in [1.165, 1.54) is 0 Å². The number of amides is 1. The number of rotatable bonds is 4. The maximum atomic E-state index is 10.9. The van der Waals surface area contributed by atoms with Crippen LogP contribution in [0.15, 0.2) is 0 Å². The van der Waals surface area contributed by atoms with Crippen molar-refractivity contribution >= 4 is 6.09 Å². The summed E-state index contributed by atoms with van der Waals surface area (Å²) in [6.45, 7) is 4.62.